The highest BCUT2D eigenvalue weighted by Crippen LogP contribution is 2.33. The fourth-order valence-electron chi connectivity index (χ4n) is 2.75. The number of rotatable bonds is 3. The van der Waals surface area contributed by atoms with Crippen molar-refractivity contribution in [2.45, 2.75) is 38.3 Å². The van der Waals surface area contributed by atoms with Gasteiger partial charge < -0.3 is 15.0 Å². The first kappa shape index (κ1) is 12.6. The highest BCUT2D eigenvalue weighted by molar-refractivity contribution is 5.71. The number of aryl methyl sites for hydroxylation is 1. The minimum absolute atomic E-state index is 0.0140. The lowest BCUT2D eigenvalue weighted by Crippen LogP contribution is -2.43. The first-order valence-corrected chi connectivity index (χ1v) is 6.82. The molecule has 19 heavy (non-hydrogen) atoms. The van der Waals surface area contributed by atoms with Crippen LogP contribution in [0.3, 0.4) is 0 Å². The maximum absolute atomic E-state index is 6.23. The van der Waals surface area contributed by atoms with E-state index < -0.39 is 0 Å². The van der Waals surface area contributed by atoms with Crippen LogP contribution in [-0.2, 0) is 16.7 Å². The molecule has 0 radical (unpaired) electrons. The number of hydrogen-bond acceptors (Lipinski definition) is 4. The second kappa shape index (κ2) is 4.58. The third-order valence-corrected chi connectivity index (χ3v) is 3.98. The third-order valence-electron chi connectivity index (χ3n) is 3.98. The van der Waals surface area contributed by atoms with Gasteiger partial charge in [-0.1, -0.05) is 6.92 Å². The van der Waals surface area contributed by atoms with Gasteiger partial charge in [0.1, 0.15) is 11.3 Å². The zero-order chi connectivity index (χ0) is 13.5. The van der Waals surface area contributed by atoms with E-state index in [1.54, 1.807) is 0 Å². The van der Waals surface area contributed by atoms with Crippen LogP contribution in [0.2, 0.25) is 0 Å². The molecule has 0 aromatic carbocycles. The van der Waals surface area contributed by atoms with Gasteiger partial charge in [0.25, 0.3) is 0 Å². The summed E-state index contributed by atoms with van der Waals surface area (Å²) >= 11 is 0. The molecule has 5 heteroatoms. The summed E-state index contributed by atoms with van der Waals surface area (Å²) in [5.74, 6) is 1.01. The number of nitrogens with two attached hydrogens (primary N) is 1. The molecule has 5 nitrogen and oxygen atoms in total. The van der Waals surface area contributed by atoms with Gasteiger partial charge in [0.05, 0.1) is 18.6 Å². The summed E-state index contributed by atoms with van der Waals surface area (Å²) in [5.41, 5.74) is 7.89. The molecule has 2 atom stereocenters. The molecule has 2 aromatic rings. The molecular formula is C14H20N4O. The van der Waals surface area contributed by atoms with Crippen molar-refractivity contribution in [1.82, 2.24) is 14.5 Å². The van der Waals surface area contributed by atoms with E-state index in [4.69, 9.17) is 15.5 Å². The van der Waals surface area contributed by atoms with Crippen molar-refractivity contribution in [3.8, 4) is 0 Å². The fourth-order valence-corrected chi connectivity index (χ4v) is 2.75. The number of pyridine rings is 1. The molecule has 1 aliphatic heterocycles. The monoisotopic (exact) mass is 260 g/mol. The highest BCUT2D eigenvalue weighted by atomic mass is 16.5. The predicted molar refractivity (Wildman–Crippen MR) is 74.0 cm³/mol. The van der Waals surface area contributed by atoms with Gasteiger partial charge >= 0.3 is 0 Å². The van der Waals surface area contributed by atoms with E-state index in [9.17, 15) is 0 Å². The summed E-state index contributed by atoms with van der Waals surface area (Å²) < 4.78 is 7.76. The van der Waals surface area contributed by atoms with Crippen LogP contribution in [0.4, 0.5) is 0 Å². The molecule has 2 aromatic heterocycles. The molecule has 1 saturated heterocycles. The quantitative estimate of drug-likeness (QED) is 0.907. The Labute approximate surface area is 112 Å². The van der Waals surface area contributed by atoms with E-state index in [1.807, 2.05) is 18.3 Å². The largest absolute Gasteiger partial charge is 0.379 e. The number of imidazole rings is 1. The Balaban J connectivity index is 2.19. The molecule has 3 rings (SSSR count). The summed E-state index contributed by atoms with van der Waals surface area (Å²) in [4.78, 5) is 9.24. The molecular weight excluding hydrogens is 240 g/mol. The van der Waals surface area contributed by atoms with Crippen molar-refractivity contribution in [2.75, 3.05) is 13.2 Å². The van der Waals surface area contributed by atoms with E-state index in [0.717, 1.165) is 30.0 Å². The molecule has 2 unspecified atom stereocenters. The summed E-state index contributed by atoms with van der Waals surface area (Å²) in [6, 6.07) is 3.91. The van der Waals surface area contributed by atoms with Crippen molar-refractivity contribution in [2.24, 2.45) is 5.73 Å². The van der Waals surface area contributed by atoms with Gasteiger partial charge in [-0.25, -0.2) is 9.97 Å². The summed E-state index contributed by atoms with van der Waals surface area (Å²) in [5, 5.41) is 0. The molecule has 0 aliphatic carbocycles. The lowest BCUT2D eigenvalue weighted by atomic mass is 9.85. The number of ether oxygens (including phenoxy) is 1. The van der Waals surface area contributed by atoms with E-state index >= 15 is 0 Å². The van der Waals surface area contributed by atoms with Crippen LogP contribution in [0.1, 0.15) is 26.1 Å². The normalized spacial score (nSPS) is 27.2. The number of nitrogens with zero attached hydrogens (tertiary/aromatic N) is 3. The molecule has 0 bridgehead atoms. The molecule has 102 valence electrons. The molecule has 2 N–H and O–H groups in total. The Morgan fingerprint density at radius 1 is 1.58 bits per heavy atom. The van der Waals surface area contributed by atoms with Gasteiger partial charge in [0, 0.05) is 18.8 Å². The first-order valence-electron chi connectivity index (χ1n) is 6.82. The van der Waals surface area contributed by atoms with Gasteiger partial charge in [0.15, 0.2) is 5.65 Å². The minimum atomic E-state index is -0.226. The van der Waals surface area contributed by atoms with Crippen LogP contribution in [0.25, 0.3) is 11.2 Å². The number of aromatic nitrogens is 3. The van der Waals surface area contributed by atoms with E-state index in [1.165, 1.54) is 0 Å². The Hall–Kier alpha value is -1.46. The van der Waals surface area contributed by atoms with Crippen molar-refractivity contribution < 1.29 is 4.74 Å². The number of fused-ring (bicyclic) bond motifs is 1. The Kier molecular flexibility index (Phi) is 3.03. The average molecular weight is 260 g/mol. The Morgan fingerprint density at radius 2 is 2.42 bits per heavy atom. The molecule has 1 fully saturated rings. The van der Waals surface area contributed by atoms with Crippen LogP contribution < -0.4 is 5.73 Å². The van der Waals surface area contributed by atoms with Crippen molar-refractivity contribution in [3.05, 3.63) is 24.2 Å². The lowest BCUT2D eigenvalue weighted by molar-refractivity contribution is 0.177. The molecule has 1 aliphatic rings. The predicted octanol–water partition coefficient (Wildman–Crippen LogP) is 1.46. The topological polar surface area (TPSA) is 66.0 Å². The van der Waals surface area contributed by atoms with Crippen molar-refractivity contribution in [1.29, 1.82) is 0 Å². The van der Waals surface area contributed by atoms with Crippen LogP contribution >= 0.6 is 0 Å². The highest BCUT2D eigenvalue weighted by Gasteiger charge is 2.43. The average Bonchev–Trinajstić information content (AvgIpc) is 2.94. The van der Waals surface area contributed by atoms with Crippen LogP contribution in [0, 0.1) is 0 Å². The van der Waals surface area contributed by atoms with E-state index in [0.29, 0.717) is 13.2 Å². The first-order chi connectivity index (χ1) is 9.16. The van der Waals surface area contributed by atoms with Gasteiger partial charge in [-0.3, -0.25) is 0 Å². The van der Waals surface area contributed by atoms with Gasteiger partial charge in [-0.05, 0) is 25.5 Å². The smallest absolute Gasteiger partial charge is 0.159 e. The fraction of sp³-hybridized carbons (Fsp3) is 0.571. The summed E-state index contributed by atoms with van der Waals surface area (Å²) in [6.07, 6.45) is 2.86. The minimum Gasteiger partial charge on any atom is -0.379 e. The third kappa shape index (κ3) is 1.84. The standard InChI is InChI=1S/C14H20N4O/c1-3-7-18-12-10(5-4-6-16-12)17-13(18)14(2)9-19-8-11(14)15/h4-6,11H,3,7-9,15H2,1-2H3. The second-order valence-electron chi connectivity index (χ2n) is 5.47. The van der Waals surface area contributed by atoms with Crippen molar-refractivity contribution in [3.63, 3.8) is 0 Å². The van der Waals surface area contributed by atoms with Crippen LogP contribution in [0.5, 0.6) is 0 Å². The Morgan fingerprint density at radius 3 is 3.11 bits per heavy atom. The van der Waals surface area contributed by atoms with Crippen molar-refractivity contribution >= 4 is 11.2 Å². The molecule has 0 saturated carbocycles. The molecule has 3 heterocycles. The summed E-state index contributed by atoms with van der Waals surface area (Å²) in [6.45, 7) is 6.43. The maximum atomic E-state index is 6.23. The molecule has 0 spiro atoms. The lowest BCUT2D eigenvalue weighted by Gasteiger charge is -2.27. The Bertz CT molecular complexity index is 594. The van der Waals surface area contributed by atoms with Crippen LogP contribution in [0.15, 0.2) is 18.3 Å². The molecule has 0 amide bonds. The van der Waals surface area contributed by atoms with Gasteiger partial charge in [-0.2, -0.15) is 0 Å². The van der Waals surface area contributed by atoms with Gasteiger partial charge in [0.2, 0.25) is 0 Å². The zero-order valence-corrected chi connectivity index (χ0v) is 11.5. The van der Waals surface area contributed by atoms with E-state index in [2.05, 4.69) is 23.4 Å². The SMILES string of the molecule is CCCn1c(C2(C)COCC2N)nc2cccnc21. The number of hydrogen-bond donors (Lipinski definition) is 1. The van der Waals surface area contributed by atoms with Gasteiger partial charge in [-0.15, -0.1) is 0 Å². The zero-order valence-electron chi connectivity index (χ0n) is 11.5. The van der Waals surface area contributed by atoms with E-state index in [-0.39, 0.29) is 11.5 Å². The second-order valence-corrected chi connectivity index (χ2v) is 5.47. The van der Waals surface area contributed by atoms with Crippen LogP contribution in [-0.4, -0.2) is 33.8 Å². The summed E-state index contributed by atoms with van der Waals surface area (Å²) in [7, 11) is 0. The maximum Gasteiger partial charge on any atom is 0.159 e.